The molecule has 7 heteroatoms. The Kier molecular flexibility index (Phi) is 5.35. The molecule has 0 spiro atoms. The Bertz CT molecular complexity index is 781. The first-order valence-corrected chi connectivity index (χ1v) is 8.96. The number of aryl methyl sites for hydroxylation is 1. The third kappa shape index (κ3) is 3.92. The standard InChI is InChI=1S/C19H25N5O2/c1-13(2)14-4-6-16(7-5-14)24-11-15(10-18(24)25)19(26)20-9-8-17-22-21-12-23(17)3/h4-7,12-13,15H,8-11H2,1-3H3,(H,20,26)/t15-/m1/s1. The topological polar surface area (TPSA) is 80.1 Å². The van der Waals surface area contributed by atoms with E-state index in [-0.39, 0.29) is 24.2 Å². The summed E-state index contributed by atoms with van der Waals surface area (Å²) < 4.78 is 1.83. The predicted octanol–water partition coefficient (Wildman–Crippen LogP) is 1.65. The molecule has 0 radical (unpaired) electrons. The van der Waals surface area contributed by atoms with Crippen molar-refractivity contribution in [2.24, 2.45) is 13.0 Å². The van der Waals surface area contributed by atoms with Crippen molar-refractivity contribution in [1.82, 2.24) is 20.1 Å². The van der Waals surface area contributed by atoms with Crippen LogP contribution in [0.15, 0.2) is 30.6 Å². The lowest BCUT2D eigenvalue weighted by Gasteiger charge is -2.17. The fourth-order valence-corrected chi connectivity index (χ4v) is 3.15. The molecule has 0 saturated carbocycles. The van der Waals surface area contributed by atoms with E-state index in [9.17, 15) is 9.59 Å². The summed E-state index contributed by atoms with van der Waals surface area (Å²) in [5.74, 6) is 0.870. The summed E-state index contributed by atoms with van der Waals surface area (Å²) in [6.07, 6.45) is 2.50. The van der Waals surface area contributed by atoms with Crippen molar-refractivity contribution in [1.29, 1.82) is 0 Å². The van der Waals surface area contributed by atoms with E-state index in [1.807, 2.05) is 35.9 Å². The number of aromatic nitrogens is 3. The molecule has 1 aromatic carbocycles. The minimum atomic E-state index is -0.313. The van der Waals surface area contributed by atoms with Crippen molar-refractivity contribution in [2.45, 2.75) is 32.6 Å². The summed E-state index contributed by atoms with van der Waals surface area (Å²) in [6, 6.07) is 8.01. The number of hydrogen-bond donors (Lipinski definition) is 1. The van der Waals surface area contributed by atoms with Gasteiger partial charge in [0.05, 0.1) is 5.92 Å². The fourth-order valence-electron chi connectivity index (χ4n) is 3.15. The third-order valence-electron chi connectivity index (χ3n) is 4.82. The predicted molar refractivity (Wildman–Crippen MR) is 98.7 cm³/mol. The summed E-state index contributed by atoms with van der Waals surface area (Å²) in [7, 11) is 1.87. The van der Waals surface area contributed by atoms with E-state index >= 15 is 0 Å². The first-order valence-electron chi connectivity index (χ1n) is 8.96. The van der Waals surface area contributed by atoms with Gasteiger partial charge in [-0.05, 0) is 23.6 Å². The molecule has 2 aromatic rings. The van der Waals surface area contributed by atoms with Crippen LogP contribution in [0.25, 0.3) is 0 Å². The zero-order valence-electron chi connectivity index (χ0n) is 15.5. The van der Waals surface area contributed by atoms with Crippen molar-refractivity contribution in [3.63, 3.8) is 0 Å². The second-order valence-corrected chi connectivity index (χ2v) is 7.05. The van der Waals surface area contributed by atoms with Crippen molar-refractivity contribution in [3.8, 4) is 0 Å². The van der Waals surface area contributed by atoms with Crippen molar-refractivity contribution >= 4 is 17.5 Å². The average molecular weight is 355 g/mol. The molecule has 1 aliphatic heterocycles. The van der Waals surface area contributed by atoms with Crippen LogP contribution in [0.4, 0.5) is 5.69 Å². The van der Waals surface area contributed by atoms with Crippen LogP contribution in [-0.2, 0) is 23.1 Å². The van der Waals surface area contributed by atoms with Gasteiger partial charge in [0.1, 0.15) is 12.2 Å². The smallest absolute Gasteiger partial charge is 0.227 e. The van der Waals surface area contributed by atoms with E-state index in [1.165, 1.54) is 5.56 Å². The lowest BCUT2D eigenvalue weighted by atomic mass is 10.0. The summed E-state index contributed by atoms with van der Waals surface area (Å²) in [5.41, 5.74) is 2.09. The van der Waals surface area contributed by atoms with Crippen LogP contribution < -0.4 is 10.2 Å². The van der Waals surface area contributed by atoms with Crippen LogP contribution in [0.5, 0.6) is 0 Å². The van der Waals surface area contributed by atoms with Gasteiger partial charge in [-0.15, -0.1) is 10.2 Å². The first-order chi connectivity index (χ1) is 12.5. The number of rotatable bonds is 6. The number of anilines is 1. The Balaban J connectivity index is 1.55. The number of amides is 2. The maximum Gasteiger partial charge on any atom is 0.227 e. The summed E-state index contributed by atoms with van der Waals surface area (Å²) in [5, 5.41) is 10.7. The van der Waals surface area contributed by atoms with Gasteiger partial charge in [0.15, 0.2) is 0 Å². The Labute approximate surface area is 153 Å². The van der Waals surface area contributed by atoms with E-state index in [0.29, 0.717) is 25.4 Å². The molecule has 1 aromatic heterocycles. The highest BCUT2D eigenvalue weighted by Gasteiger charge is 2.34. The van der Waals surface area contributed by atoms with Gasteiger partial charge in [-0.1, -0.05) is 26.0 Å². The zero-order chi connectivity index (χ0) is 18.7. The first kappa shape index (κ1) is 18.1. The van der Waals surface area contributed by atoms with Crippen molar-refractivity contribution in [3.05, 3.63) is 42.0 Å². The zero-order valence-corrected chi connectivity index (χ0v) is 15.5. The quantitative estimate of drug-likeness (QED) is 0.854. The molecule has 2 amide bonds. The van der Waals surface area contributed by atoms with E-state index < -0.39 is 0 Å². The van der Waals surface area contributed by atoms with Gasteiger partial charge in [-0.3, -0.25) is 9.59 Å². The second kappa shape index (κ2) is 7.68. The van der Waals surface area contributed by atoms with E-state index in [1.54, 1.807) is 11.2 Å². The van der Waals surface area contributed by atoms with E-state index in [4.69, 9.17) is 0 Å². The van der Waals surface area contributed by atoms with Gasteiger partial charge in [0, 0.05) is 38.7 Å². The molecule has 1 fully saturated rings. The molecule has 7 nitrogen and oxygen atoms in total. The number of carbonyl (C=O) groups is 2. The molecular weight excluding hydrogens is 330 g/mol. The molecule has 3 rings (SSSR count). The van der Waals surface area contributed by atoms with Gasteiger partial charge < -0.3 is 14.8 Å². The highest BCUT2D eigenvalue weighted by Crippen LogP contribution is 2.26. The van der Waals surface area contributed by atoms with Crippen LogP contribution in [0, 0.1) is 5.92 Å². The number of hydrogen-bond acceptors (Lipinski definition) is 4. The van der Waals surface area contributed by atoms with Gasteiger partial charge in [-0.25, -0.2) is 0 Å². The Morgan fingerprint density at radius 1 is 1.31 bits per heavy atom. The molecule has 26 heavy (non-hydrogen) atoms. The molecule has 1 aliphatic rings. The molecule has 0 aliphatic carbocycles. The van der Waals surface area contributed by atoms with Gasteiger partial charge in [-0.2, -0.15) is 0 Å². The van der Waals surface area contributed by atoms with Crippen LogP contribution in [0.1, 0.15) is 37.6 Å². The molecule has 0 unspecified atom stereocenters. The fraction of sp³-hybridized carbons (Fsp3) is 0.474. The van der Waals surface area contributed by atoms with Gasteiger partial charge in [0.25, 0.3) is 0 Å². The monoisotopic (exact) mass is 355 g/mol. The van der Waals surface area contributed by atoms with Crippen LogP contribution in [0.3, 0.4) is 0 Å². The minimum Gasteiger partial charge on any atom is -0.355 e. The molecule has 1 N–H and O–H groups in total. The second-order valence-electron chi connectivity index (χ2n) is 7.05. The minimum absolute atomic E-state index is 0.00394. The highest BCUT2D eigenvalue weighted by atomic mass is 16.2. The van der Waals surface area contributed by atoms with Crippen molar-refractivity contribution < 1.29 is 9.59 Å². The average Bonchev–Trinajstić information content (AvgIpc) is 3.21. The summed E-state index contributed by atoms with van der Waals surface area (Å²) in [6.45, 7) is 5.18. The molecule has 138 valence electrons. The van der Waals surface area contributed by atoms with E-state index in [0.717, 1.165) is 11.5 Å². The van der Waals surface area contributed by atoms with Crippen LogP contribution in [-0.4, -0.2) is 39.7 Å². The Morgan fingerprint density at radius 2 is 2.04 bits per heavy atom. The highest BCUT2D eigenvalue weighted by molar-refractivity contribution is 6.00. The van der Waals surface area contributed by atoms with Crippen molar-refractivity contribution in [2.75, 3.05) is 18.0 Å². The SMILES string of the molecule is CC(C)c1ccc(N2C[C@H](C(=O)NCCc3nncn3C)CC2=O)cc1. The number of nitrogens with one attached hydrogen (secondary N) is 1. The maximum atomic E-state index is 12.4. The van der Waals surface area contributed by atoms with E-state index in [2.05, 4.69) is 29.4 Å². The molecular formula is C19H25N5O2. The van der Waals surface area contributed by atoms with Gasteiger partial charge in [0.2, 0.25) is 11.8 Å². The molecule has 2 heterocycles. The molecule has 1 saturated heterocycles. The summed E-state index contributed by atoms with van der Waals surface area (Å²) in [4.78, 5) is 26.4. The maximum absolute atomic E-state index is 12.4. The largest absolute Gasteiger partial charge is 0.355 e. The lowest BCUT2D eigenvalue weighted by molar-refractivity contribution is -0.126. The third-order valence-corrected chi connectivity index (χ3v) is 4.82. The van der Waals surface area contributed by atoms with Crippen LogP contribution in [0.2, 0.25) is 0 Å². The molecule has 0 bridgehead atoms. The number of carbonyl (C=O) groups excluding carboxylic acids is 2. The Morgan fingerprint density at radius 3 is 2.65 bits per heavy atom. The lowest BCUT2D eigenvalue weighted by Crippen LogP contribution is -2.34. The van der Waals surface area contributed by atoms with Gasteiger partial charge >= 0.3 is 0 Å². The Hall–Kier alpha value is -2.70. The number of nitrogens with zero attached hydrogens (tertiary/aromatic N) is 4. The normalized spacial score (nSPS) is 17.2. The number of benzene rings is 1. The summed E-state index contributed by atoms with van der Waals surface area (Å²) >= 11 is 0. The molecule has 1 atom stereocenters. The van der Waals surface area contributed by atoms with Crippen LogP contribution >= 0.6 is 0 Å².